The van der Waals surface area contributed by atoms with Gasteiger partial charge in [0.25, 0.3) is 0 Å². The first-order valence-electron chi connectivity index (χ1n) is 4.59. The van der Waals surface area contributed by atoms with Crippen LogP contribution in [0.25, 0.3) is 0 Å². The fraction of sp³-hybridized carbons (Fsp3) is 0.300. The molecule has 1 rings (SSSR count). The van der Waals surface area contributed by atoms with Crippen molar-refractivity contribution in [2.75, 3.05) is 18.5 Å². The van der Waals surface area contributed by atoms with Crippen LogP contribution in [0, 0.1) is 11.3 Å². The van der Waals surface area contributed by atoms with Crippen LogP contribution in [0.1, 0.15) is 16.8 Å². The summed E-state index contributed by atoms with van der Waals surface area (Å²) in [5.74, 6) is -0.0393. The number of carbonyl (C=O) groups excluding carboxylic acids is 1. The molecule has 16 heavy (non-hydrogen) atoms. The molecule has 1 aromatic heterocycles. The lowest BCUT2D eigenvalue weighted by molar-refractivity contribution is 0.1000. The normalized spacial score (nSPS) is 9.56. The Morgan fingerprint density at radius 2 is 2.44 bits per heavy atom. The molecule has 0 atom stereocenters. The van der Waals surface area contributed by atoms with E-state index in [0.29, 0.717) is 23.8 Å². The van der Waals surface area contributed by atoms with Crippen molar-refractivity contribution in [3.05, 3.63) is 22.8 Å². The second-order valence-corrected chi connectivity index (χ2v) is 3.63. The van der Waals surface area contributed by atoms with E-state index in [9.17, 15) is 4.79 Å². The van der Waals surface area contributed by atoms with Crippen LogP contribution >= 0.6 is 11.6 Å². The van der Waals surface area contributed by atoms with E-state index in [0.717, 1.165) is 0 Å². The first kappa shape index (κ1) is 12.3. The third-order valence-corrected chi connectivity index (χ3v) is 2.31. The summed E-state index contributed by atoms with van der Waals surface area (Å²) in [6.07, 6.45) is 1.75. The molecule has 6 heteroatoms. The summed E-state index contributed by atoms with van der Waals surface area (Å²) in [4.78, 5) is 16.7. The first-order chi connectivity index (χ1) is 7.56. The molecule has 0 bridgehead atoms. The molecule has 1 heterocycles. The van der Waals surface area contributed by atoms with E-state index in [2.05, 4.69) is 4.98 Å². The van der Waals surface area contributed by atoms with E-state index >= 15 is 0 Å². The fourth-order valence-corrected chi connectivity index (χ4v) is 1.48. The number of rotatable bonds is 4. The van der Waals surface area contributed by atoms with Gasteiger partial charge in [-0.3, -0.25) is 4.79 Å². The third kappa shape index (κ3) is 2.84. The largest absolute Gasteiger partial charge is 0.366 e. The van der Waals surface area contributed by atoms with Gasteiger partial charge in [0.2, 0.25) is 5.91 Å². The predicted octanol–water partition coefficient (Wildman–Crippen LogP) is 1.18. The number of halogens is 1. The van der Waals surface area contributed by atoms with Crippen LogP contribution < -0.4 is 10.6 Å². The Morgan fingerprint density at radius 3 is 2.94 bits per heavy atom. The van der Waals surface area contributed by atoms with Crippen molar-refractivity contribution in [1.82, 2.24) is 4.98 Å². The van der Waals surface area contributed by atoms with Gasteiger partial charge in [-0.05, 0) is 6.07 Å². The van der Waals surface area contributed by atoms with Crippen molar-refractivity contribution in [3.63, 3.8) is 0 Å². The van der Waals surface area contributed by atoms with Gasteiger partial charge in [-0.25, -0.2) is 4.98 Å². The predicted molar refractivity (Wildman–Crippen MR) is 61.3 cm³/mol. The monoisotopic (exact) mass is 238 g/mol. The molecule has 0 saturated carbocycles. The van der Waals surface area contributed by atoms with Crippen molar-refractivity contribution >= 4 is 23.3 Å². The molecule has 0 unspecified atom stereocenters. The van der Waals surface area contributed by atoms with E-state index in [1.807, 2.05) is 6.07 Å². The molecule has 0 fully saturated rings. The van der Waals surface area contributed by atoms with Crippen molar-refractivity contribution in [3.8, 4) is 6.07 Å². The lowest BCUT2D eigenvalue weighted by Crippen LogP contribution is -2.20. The molecule has 0 saturated heterocycles. The molecule has 0 radical (unpaired) electrons. The van der Waals surface area contributed by atoms with Crippen molar-refractivity contribution in [2.45, 2.75) is 6.42 Å². The molecule has 1 amide bonds. The maximum Gasteiger partial charge on any atom is 0.250 e. The van der Waals surface area contributed by atoms with Crippen molar-refractivity contribution < 1.29 is 4.79 Å². The minimum atomic E-state index is -0.569. The second kappa shape index (κ2) is 5.33. The molecule has 1 aromatic rings. The zero-order valence-corrected chi connectivity index (χ0v) is 9.53. The molecular weight excluding hydrogens is 228 g/mol. The van der Waals surface area contributed by atoms with Crippen LogP contribution in [0.5, 0.6) is 0 Å². The van der Waals surface area contributed by atoms with Crippen molar-refractivity contribution in [2.24, 2.45) is 5.73 Å². The lowest BCUT2D eigenvalue weighted by atomic mass is 10.2. The maximum atomic E-state index is 10.9. The average Bonchev–Trinajstić information content (AvgIpc) is 2.25. The van der Waals surface area contributed by atoms with Gasteiger partial charge in [-0.2, -0.15) is 5.26 Å². The smallest absolute Gasteiger partial charge is 0.250 e. The molecule has 2 N–H and O–H groups in total. The third-order valence-electron chi connectivity index (χ3n) is 2.03. The van der Waals surface area contributed by atoms with Crippen LogP contribution in [-0.4, -0.2) is 24.5 Å². The van der Waals surface area contributed by atoms with E-state index in [1.54, 1.807) is 11.9 Å². The van der Waals surface area contributed by atoms with Gasteiger partial charge in [0.1, 0.15) is 5.82 Å². The minimum absolute atomic E-state index is 0.266. The molecule has 0 aliphatic carbocycles. The van der Waals surface area contributed by atoms with Crippen LogP contribution in [0.2, 0.25) is 5.02 Å². The Morgan fingerprint density at radius 1 is 1.75 bits per heavy atom. The number of anilines is 1. The maximum absolute atomic E-state index is 10.9. The highest BCUT2D eigenvalue weighted by Gasteiger charge is 2.10. The molecule has 84 valence electrons. The van der Waals surface area contributed by atoms with Crippen LogP contribution in [0.4, 0.5) is 5.82 Å². The number of amides is 1. The van der Waals surface area contributed by atoms with Crippen LogP contribution in [0.3, 0.4) is 0 Å². The number of nitrogens with zero attached hydrogens (tertiary/aromatic N) is 3. The van der Waals surface area contributed by atoms with E-state index in [-0.39, 0.29) is 5.56 Å². The molecule has 0 aliphatic rings. The Bertz CT molecular complexity index is 441. The van der Waals surface area contributed by atoms with Gasteiger partial charge in [0, 0.05) is 19.8 Å². The van der Waals surface area contributed by atoms with Gasteiger partial charge in [0.15, 0.2) is 0 Å². The van der Waals surface area contributed by atoms with Crippen molar-refractivity contribution in [1.29, 1.82) is 5.26 Å². The Labute approximate surface area is 98.4 Å². The van der Waals surface area contributed by atoms with E-state index in [1.165, 1.54) is 12.3 Å². The molecular formula is C10H11ClN4O. The van der Waals surface area contributed by atoms with Gasteiger partial charge >= 0.3 is 0 Å². The number of nitriles is 1. The van der Waals surface area contributed by atoms with Crippen LogP contribution in [-0.2, 0) is 0 Å². The number of pyridine rings is 1. The number of carbonyl (C=O) groups is 1. The Balaban J connectivity index is 2.91. The lowest BCUT2D eigenvalue weighted by Gasteiger charge is -2.17. The molecule has 0 aromatic carbocycles. The standard InChI is InChI=1S/C10H11ClN4O/c1-15(4-2-3-12)10-8(11)5-7(6-14-10)9(13)16/h5-6H,2,4H2,1H3,(H2,13,16). The second-order valence-electron chi connectivity index (χ2n) is 3.22. The van der Waals surface area contributed by atoms with Crippen LogP contribution in [0.15, 0.2) is 12.3 Å². The summed E-state index contributed by atoms with van der Waals surface area (Å²) in [7, 11) is 1.77. The first-order valence-corrected chi connectivity index (χ1v) is 4.97. The molecule has 5 nitrogen and oxygen atoms in total. The topological polar surface area (TPSA) is 83.0 Å². The minimum Gasteiger partial charge on any atom is -0.366 e. The molecule has 0 spiro atoms. The summed E-state index contributed by atoms with van der Waals surface area (Å²) < 4.78 is 0. The number of aromatic nitrogens is 1. The number of hydrogen-bond donors (Lipinski definition) is 1. The zero-order chi connectivity index (χ0) is 12.1. The average molecular weight is 239 g/mol. The zero-order valence-electron chi connectivity index (χ0n) is 8.77. The van der Waals surface area contributed by atoms with Gasteiger partial charge < -0.3 is 10.6 Å². The van der Waals surface area contributed by atoms with Gasteiger partial charge in [-0.1, -0.05) is 11.6 Å². The Kier molecular flexibility index (Phi) is 4.09. The number of primary amides is 1. The summed E-state index contributed by atoms with van der Waals surface area (Å²) >= 11 is 5.95. The Hall–Kier alpha value is -1.80. The summed E-state index contributed by atoms with van der Waals surface area (Å²) in [6, 6.07) is 3.50. The van der Waals surface area contributed by atoms with E-state index < -0.39 is 5.91 Å². The van der Waals surface area contributed by atoms with E-state index in [4.69, 9.17) is 22.6 Å². The van der Waals surface area contributed by atoms with Gasteiger partial charge in [-0.15, -0.1) is 0 Å². The summed E-state index contributed by atoms with van der Waals surface area (Å²) in [5.41, 5.74) is 5.36. The number of hydrogen-bond acceptors (Lipinski definition) is 4. The quantitative estimate of drug-likeness (QED) is 0.854. The molecule has 0 aliphatic heterocycles. The highest BCUT2D eigenvalue weighted by atomic mass is 35.5. The summed E-state index contributed by atoms with van der Waals surface area (Å²) in [6.45, 7) is 0.527. The summed E-state index contributed by atoms with van der Waals surface area (Å²) in [5, 5.41) is 8.80. The SMILES string of the molecule is CN(CCC#N)c1ncc(C(N)=O)cc1Cl. The van der Waals surface area contributed by atoms with Gasteiger partial charge in [0.05, 0.1) is 23.1 Å². The highest BCUT2D eigenvalue weighted by Crippen LogP contribution is 2.22. The number of nitrogens with two attached hydrogens (primary N) is 1. The highest BCUT2D eigenvalue weighted by molar-refractivity contribution is 6.33. The fourth-order valence-electron chi connectivity index (χ4n) is 1.17.